The number of rotatable bonds is 10. The van der Waals surface area contributed by atoms with Gasteiger partial charge in [-0.25, -0.2) is 13.6 Å². The highest BCUT2D eigenvalue weighted by Gasteiger charge is 2.34. The summed E-state index contributed by atoms with van der Waals surface area (Å²) in [5.41, 5.74) is 0.221. The van der Waals surface area contributed by atoms with Gasteiger partial charge in [-0.15, -0.1) is 0 Å². The van der Waals surface area contributed by atoms with Gasteiger partial charge in [-0.05, 0) is 43.1 Å². The minimum atomic E-state index is -1.20. The van der Waals surface area contributed by atoms with Gasteiger partial charge in [0.15, 0.2) is 6.10 Å². The van der Waals surface area contributed by atoms with Gasteiger partial charge in [0.1, 0.15) is 30.6 Å². The van der Waals surface area contributed by atoms with Crippen molar-refractivity contribution in [3.8, 4) is 5.88 Å². The fraction of sp³-hybridized carbons (Fsp3) is 0.480. The summed E-state index contributed by atoms with van der Waals surface area (Å²) in [5.74, 6) is -1.89. The molecule has 1 fully saturated rings. The predicted octanol–water partition coefficient (Wildman–Crippen LogP) is 3.15. The number of halogens is 2. The molecule has 1 N–H and O–H groups in total. The maximum Gasteiger partial charge on any atom is 0.414 e. The average Bonchev–Trinajstić information content (AvgIpc) is 3.51. The summed E-state index contributed by atoms with van der Waals surface area (Å²) in [6.07, 6.45) is 0.669. The normalized spacial score (nSPS) is 18.7. The van der Waals surface area contributed by atoms with Crippen molar-refractivity contribution in [2.75, 3.05) is 37.7 Å². The van der Waals surface area contributed by atoms with Gasteiger partial charge in [0, 0.05) is 37.7 Å². The molecule has 0 saturated carbocycles. The molecule has 1 aromatic heterocycles. The summed E-state index contributed by atoms with van der Waals surface area (Å²) in [4.78, 5) is 27.4. The third-order valence-electron chi connectivity index (χ3n) is 6.01. The molecule has 2 amide bonds. The second-order valence-corrected chi connectivity index (χ2v) is 9.04. The monoisotopic (exact) mass is 521 g/mol. The zero-order valence-electron chi connectivity index (χ0n) is 20.6. The average molecular weight is 522 g/mol. The van der Waals surface area contributed by atoms with Crippen molar-refractivity contribution in [3.63, 3.8) is 0 Å². The molecular weight excluding hydrogens is 492 g/mol. The molecule has 1 aromatic carbocycles. The highest BCUT2D eigenvalue weighted by atomic mass is 19.1. The largest absolute Gasteiger partial charge is 0.471 e. The predicted molar refractivity (Wildman–Crippen MR) is 127 cm³/mol. The van der Waals surface area contributed by atoms with Crippen LogP contribution in [0.2, 0.25) is 0 Å². The topological polar surface area (TPSA) is 115 Å². The first-order valence-corrected chi connectivity index (χ1v) is 12.0. The Balaban J connectivity index is 1.37. The standard InChI is InChI=1S/C25H29F2N3O7/c1-15(2)34-9-5-21(31)24(32)29-7-3-16(4-8-29)23-19(26)11-17(12-20(23)27)30-13-18(37-25(30)33)14-35-22-6-10-36-28-22/h3,6,10-12,15,18,21,31H,4-5,7-9,13-14H2,1-2H3. The second-order valence-electron chi connectivity index (χ2n) is 9.04. The van der Waals surface area contributed by atoms with E-state index in [4.69, 9.17) is 14.2 Å². The number of cyclic esters (lactones) is 1. The molecular formula is C25H29F2N3O7. The molecule has 0 radical (unpaired) electrons. The highest BCUT2D eigenvalue weighted by Crippen LogP contribution is 2.32. The molecule has 0 aliphatic carbocycles. The van der Waals surface area contributed by atoms with Crippen molar-refractivity contribution < 1.29 is 42.2 Å². The lowest BCUT2D eigenvalue weighted by atomic mass is 9.97. The van der Waals surface area contributed by atoms with E-state index in [1.54, 1.807) is 6.08 Å². The van der Waals surface area contributed by atoms with E-state index in [1.807, 2.05) is 13.8 Å². The molecule has 0 spiro atoms. The van der Waals surface area contributed by atoms with Gasteiger partial charge >= 0.3 is 6.09 Å². The number of amides is 2. The smallest absolute Gasteiger partial charge is 0.414 e. The molecule has 2 unspecified atom stereocenters. The first-order valence-electron chi connectivity index (χ1n) is 12.0. The van der Waals surface area contributed by atoms with Crippen LogP contribution in [0, 0.1) is 11.6 Å². The Bertz CT molecular complexity index is 1120. The van der Waals surface area contributed by atoms with Crippen molar-refractivity contribution >= 4 is 23.3 Å². The number of hydrogen-bond donors (Lipinski definition) is 1. The van der Waals surface area contributed by atoms with Gasteiger partial charge in [-0.1, -0.05) is 6.08 Å². The molecule has 10 nitrogen and oxygen atoms in total. The maximum absolute atomic E-state index is 15.1. The second kappa shape index (κ2) is 11.7. The van der Waals surface area contributed by atoms with Crippen molar-refractivity contribution in [3.05, 3.63) is 47.7 Å². The molecule has 37 heavy (non-hydrogen) atoms. The van der Waals surface area contributed by atoms with Crippen LogP contribution in [-0.4, -0.2) is 78.3 Å². The maximum atomic E-state index is 15.1. The van der Waals surface area contributed by atoms with Crippen LogP contribution in [-0.2, 0) is 14.3 Å². The number of ether oxygens (including phenoxy) is 3. The van der Waals surface area contributed by atoms with Crippen molar-refractivity contribution in [2.24, 2.45) is 0 Å². The molecule has 0 bridgehead atoms. The zero-order valence-corrected chi connectivity index (χ0v) is 20.6. The number of aromatic nitrogens is 1. The van der Waals surface area contributed by atoms with Crippen LogP contribution in [0.4, 0.5) is 19.3 Å². The van der Waals surface area contributed by atoms with Crippen LogP contribution in [0.15, 0.2) is 35.1 Å². The minimum Gasteiger partial charge on any atom is -0.471 e. The van der Waals surface area contributed by atoms with E-state index in [0.29, 0.717) is 5.57 Å². The third kappa shape index (κ3) is 6.44. The quantitative estimate of drug-likeness (QED) is 0.507. The van der Waals surface area contributed by atoms with Gasteiger partial charge in [0.25, 0.3) is 11.8 Å². The molecule has 2 atom stereocenters. The fourth-order valence-electron chi connectivity index (χ4n) is 4.14. The van der Waals surface area contributed by atoms with E-state index in [1.165, 1.54) is 17.2 Å². The van der Waals surface area contributed by atoms with Crippen LogP contribution in [0.1, 0.15) is 32.3 Å². The van der Waals surface area contributed by atoms with E-state index in [2.05, 4.69) is 9.68 Å². The molecule has 2 aromatic rings. The molecule has 1 saturated heterocycles. The Kier molecular flexibility index (Phi) is 8.39. The lowest BCUT2D eigenvalue weighted by Crippen LogP contribution is -2.42. The van der Waals surface area contributed by atoms with Gasteiger partial charge in [0.2, 0.25) is 0 Å². The summed E-state index contributed by atoms with van der Waals surface area (Å²) in [6.45, 7) is 4.34. The summed E-state index contributed by atoms with van der Waals surface area (Å²) in [7, 11) is 0. The van der Waals surface area contributed by atoms with Gasteiger partial charge < -0.3 is 28.7 Å². The number of hydrogen-bond acceptors (Lipinski definition) is 8. The number of aliphatic hydroxyl groups is 1. The molecule has 12 heteroatoms. The number of carbonyl (C=O) groups is 2. The van der Waals surface area contributed by atoms with Crippen LogP contribution < -0.4 is 9.64 Å². The molecule has 2 aliphatic heterocycles. The van der Waals surface area contributed by atoms with E-state index in [-0.39, 0.29) is 68.9 Å². The van der Waals surface area contributed by atoms with Crippen molar-refractivity contribution in [1.82, 2.24) is 10.1 Å². The number of carbonyl (C=O) groups excluding carboxylic acids is 2. The van der Waals surface area contributed by atoms with E-state index >= 15 is 8.78 Å². The highest BCUT2D eigenvalue weighted by molar-refractivity contribution is 5.90. The van der Waals surface area contributed by atoms with Gasteiger partial charge in [-0.2, -0.15) is 0 Å². The van der Waals surface area contributed by atoms with Crippen LogP contribution in [0.5, 0.6) is 5.88 Å². The molecule has 2 aliphatic rings. The first kappa shape index (κ1) is 26.6. The number of benzene rings is 1. The molecule has 200 valence electrons. The minimum absolute atomic E-state index is 0.000620. The number of anilines is 1. The summed E-state index contributed by atoms with van der Waals surface area (Å²) in [6, 6.07) is 3.66. The Labute approximate surface area is 212 Å². The Morgan fingerprint density at radius 3 is 2.68 bits per heavy atom. The van der Waals surface area contributed by atoms with Crippen LogP contribution in [0.3, 0.4) is 0 Å². The molecule has 3 heterocycles. The number of aliphatic hydroxyl groups excluding tert-OH is 1. The van der Waals surface area contributed by atoms with Crippen molar-refractivity contribution in [1.29, 1.82) is 0 Å². The van der Waals surface area contributed by atoms with Crippen LogP contribution >= 0.6 is 0 Å². The van der Waals surface area contributed by atoms with Crippen LogP contribution in [0.25, 0.3) is 5.57 Å². The summed E-state index contributed by atoms with van der Waals surface area (Å²) in [5, 5.41) is 13.7. The molecule has 4 rings (SSSR count). The summed E-state index contributed by atoms with van der Waals surface area (Å²) >= 11 is 0. The van der Waals surface area contributed by atoms with E-state index in [9.17, 15) is 14.7 Å². The Hall–Kier alpha value is -3.51. The third-order valence-corrected chi connectivity index (χ3v) is 6.01. The number of nitrogens with zero attached hydrogens (tertiary/aromatic N) is 3. The zero-order chi connectivity index (χ0) is 26.5. The van der Waals surface area contributed by atoms with E-state index in [0.717, 1.165) is 17.0 Å². The SMILES string of the molecule is CC(C)OCCC(O)C(=O)N1CC=C(c2c(F)cc(N3CC(COc4ccon4)OC3=O)cc2F)CC1. The Morgan fingerprint density at radius 1 is 1.30 bits per heavy atom. The van der Waals surface area contributed by atoms with E-state index < -0.39 is 35.8 Å². The lowest BCUT2D eigenvalue weighted by molar-refractivity contribution is -0.140. The van der Waals surface area contributed by atoms with Gasteiger partial charge in [0.05, 0.1) is 18.3 Å². The lowest BCUT2D eigenvalue weighted by Gasteiger charge is -2.29. The van der Waals surface area contributed by atoms with Gasteiger partial charge in [-0.3, -0.25) is 9.69 Å². The summed E-state index contributed by atoms with van der Waals surface area (Å²) < 4.78 is 50.7. The van der Waals surface area contributed by atoms with Crippen molar-refractivity contribution in [2.45, 2.75) is 45.0 Å². The Morgan fingerprint density at radius 2 is 2.05 bits per heavy atom. The first-order chi connectivity index (χ1) is 17.7. The fourth-order valence-corrected chi connectivity index (χ4v) is 4.14.